The van der Waals surface area contributed by atoms with Gasteiger partial charge in [0.2, 0.25) is 5.91 Å². The molecule has 0 saturated heterocycles. The second-order valence-corrected chi connectivity index (χ2v) is 9.07. The molecule has 0 fully saturated rings. The lowest BCUT2D eigenvalue weighted by Gasteiger charge is -2.34. The maximum atomic E-state index is 13.3. The number of carbonyl (C=O) groups excluding carboxylic acids is 2. The zero-order valence-electron chi connectivity index (χ0n) is 19.8. The van der Waals surface area contributed by atoms with E-state index in [1.807, 2.05) is 85.8 Å². The van der Waals surface area contributed by atoms with Crippen LogP contribution in [0.5, 0.6) is 11.5 Å². The lowest BCUT2D eigenvalue weighted by molar-refractivity contribution is -0.122. The largest absolute Gasteiger partial charge is 0.494 e. The summed E-state index contributed by atoms with van der Waals surface area (Å²) in [5, 5.41) is 3.00. The molecule has 2 unspecified atom stereocenters. The van der Waals surface area contributed by atoms with E-state index in [0.29, 0.717) is 26.1 Å². The number of ketones is 1. The molecular weight excluding hydrogens is 438 g/mol. The number of amides is 1. The molecule has 178 valence electrons. The SMILES string of the molecule is CCOc1ccc(C2CC(=O)C3=C(C2)NC(=O)CC3c2ccc(OCc3ccccc3)cc2)cc1. The molecule has 2 aliphatic rings. The highest BCUT2D eigenvalue weighted by molar-refractivity contribution is 6.02. The van der Waals surface area contributed by atoms with Crippen molar-refractivity contribution >= 4 is 11.7 Å². The first-order chi connectivity index (χ1) is 17.1. The van der Waals surface area contributed by atoms with E-state index in [1.165, 1.54) is 0 Å². The van der Waals surface area contributed by atoms with Crippen LogP contribution in [-0.4, -0.2) is 18.3 Å². The average Bonchev–Trinajstić information content (AvgIpc) is 2.88. The van der Waals surface area contributed by atoms with Crippen LogP contribution >= 0.6 is 0 Å². The minimum absolute atomic E-state index is 0.0432. The molecule has 0 saturated carbocycles. The zero-order valence-corrected chi connectivity index (χ0v) is 19.8. The molecule has 3 aromatic rings. The van der Waals surface area contributed by atoms with Gasteiger partial charge in [-0.2, -0.15) is 0 Å². The van der Waals surface area contributed by atoms with Crippen molar-refractivity contribution < 1.29 is 19.1 Å². The van der Waals surface area contributed by atoms with Crippen LogP contribution in [-0.2, 0) is 16.2 Å². The molecule has 1 amide bonds. The topological polar surface area (TPSA) is 64.6 Å². The standard InChI is InChI=1S/C30H29NO4/c1-2-34-24-12-8-21(9-13-24)23-16-27-30(28(32)17-23)26(18-29(33)31-27)22-10-14-25(15-11-22)35-19-20-6-4-3-5-7-20/h3-15,23,26H,2,16-19H2,1H3,(H,31,33). The molecule has 2 atom stereocenters. The number of benzene rings is 3. The van der Waals surface area contributed by atoms with Crippen molar-refractivity contribution in [1.82, 2.24) is 5.32 Å². The summed E-state index contributed by atoms with van der Waals surface area (Å²) in [6.07, 6.45) is 1.37. The number of allylic oxidation sites excluding steroid dienone is 2. The quantitative estimate of drug-likeness (QED) is 0.486. The first-order valence-electron chi connectivity index (χ1n) is 12.2. The maximum absolute atomic E-state index is 13.3. The summed E-state index contributed by atoms with van der Waals surface area (Å²) in [5.74, 6) is 1.47. The average molecular weight is 468 g/mol. The van der Waals surface area contributed by atoms with E-state index in [4.69, 9.17) is 9.47 Å². The van der Waals surface area contributed by atoms with E-state index in [1.54, 1.807) is 0 Å². The van der Waals surface area contributed by atoms with Gasteiger partial charge in [0.25, 0.3) is 0 Å². The van der Waals surface area contributed by atoms with Gasteiger partial charge < -0.3 is 14.8 Å². The highest BCUT2D eigenvalue weighted by atomic mass is 16.5. The Hall–Kier alpha value is -3.86. The Morgan fingerprint density at radius 1 is 0.771 bits per heavy atom. The lowest BCUT2D eigenvalue weighted by Crippen LogP contribution is -2.38. The molecule has 5 heteroatoms. The third-order valence-corrected chi connectivity index (χ3v) is 6.73. The van der Waals surface area contributed by atoms with E-state index < -0.39 is 0 Å². The van der Waals surface area contributed by atoms with Gasteiger partial charge in [-0.25, -0.2) is 0 Å². The Labute approximate surface area is 205 Å². The van der Waals surface area contributed by atoms with Crippen LogP contribution in [0.15, 0.2) is 90.1 Å². The van der Waals surface area contributed by atoms with Crippen LogP contribution in [0.25, 0.3) is 0 Å². The predicted molar refractivity (Wildman–Crippen MR) is 134 cm³/mol. The summed E-state index contributed by atoms with van der Waals surface area (Å²) in [5.41, 5.74) is 4.68. The van der Waals surface area contributed by atoms with Gasteiger partial charge in [0.1, 0.15) is 18.1 Å². The molecule has 0 aromatic heterocycles. The molecule has 5 rings (SSSR count). The number of Topliss-reactive ketones (excluding diaryl/α,β-unsaturated/α-hetero) is 1. The highest BCUT2D eigenvalue weighted by Gasteiger charge is 2.38. The van der Waals surface area contributed by atoms with Crippen LogP contribution in [0, 0.1) is 0 Å². The van der Waals surface area contributed by atoms with Gasteiger partial charge in [-0.05, 0) is 60.2 Å². The van der Waals surface area contributed by atoms with Crippen molar-refractivity contribution in [3.8, 4) is 11.5 Å². The Morgan fingerprint density at radius 3 is 2.11 bits per heavy atom. The molecule has 0 bridgehead atoms. The maximum Gasteiger partial charge on any atom is 0.225 e. The minimum atomic E-state index is -0.226. The van der Waals surface area contributed by atoms with Crippen molar-refractivity contribution in [1.29, 1.82) is 0 Å². The Balaban J connectivity index is 1.33. The molecule has 5 nitrogen and oxygen atoms in total. The summed E-state index contributed by atoms with van der Waals surface area (Å²) >= 11 is 0. The predicted octanol–water partition coefficient (Wildman–Crippen LogP) is 5.67. The molecule has 0 radical (unpaired) electrons. The summed E-state index contributed by atoms with van der Waals surface area (Å²) in [6.45, 7) is 3.06. The third kappa shape index (κ3) is 5.14. The molecule has 0 spiro atoms. The van der Waals surface area contributed by atoms with E-state index in [9.17, 15) is 9.59 Å². The van der Waals surface area contributed by atoms with Gasteiger partial charge in [-0.15, -0.1) is 0 Å². The van der Waals surface area contributed by atoms with Crippen molar-refractivity contribution in [2.24, 2.45) is 0 Å². The number of carbonyl (C=O) groups is 2. The van der Waals surface area contributed by atoms with Crippen LogP contribution < -0.4 is 14.8 Å². The number of hydrogen-bond donors (Lipinski definition) is 1. The van der Waals surface area contributed by atoms with Gasteiger partial charge in [0, 0.05) is 30.0 Å². The number of nitrogens with one attached hydrogen (secondary N) is 1. The summed E-state index contributed by atoms with van der Waals surface area (Å²) in [6, 6.07) is 25.7. The van der Waals surface area contributed by atoms with Gasteiger partial charge in [-0.3, -0.25) is 9.59 Å². The molecule has 1 N–H and O–H groups in total. The highest BCUT2D eigenvalue weighted by Crippen LogP contribution is 2.43. The molecule has 1 heterocycles. The second kappa shape index (κ2) is 10.2. The number of ether oxygens (including phenoxy) is 2. The van der Waals surface area contributed by atoms with Crippen LogP contribution in [0.1, 0.15) is 54.7 Å². The molecule has 1 aliphatic carbocycles. The normalized spacial score (nSPS) is 19.7. The van der Waals surface area contributed by atoms with E-state index in [0.717, 1.165) is 39.5 Å². The molecule has 35 heavy (non-hydrogen) atoms. The van der Waals surface area contributed by atoms with Gasteiger partial charge >= 0.3 is 0 Å². The van der Waals surface area contributed by atoms with Crippen LogP contribution in [0.2, 0.25) is 0 Å². The Kier molecular flexibility index (Phi) is 6.66. The number of hydrogen-bond acceptors (Lipinski definition) is 4. The first kappa shape index (κ1) is 22.9. The third-order valence-electron chi connectivity index (χ3n) is 6.73. The monoisotopic (exact) mass is 467 g/mol. The molecule has 1 aliphatic heterocycles. The first-order valence-corrected chi connectivity index (χ1v) is 12.2. The summed E-state index contributed by atoms with van der Waals surface area (Å²) < 4.78 is 11.4. The van der Waals surface area contributed by atoms with E-state index >= 15 is 0 Å². The van der Waals surface area contributed by atoms with Crippen LogP contribution in [0.3, 0.4) is 0 Å². The Bertz CT molecular complexity index is 1230. The molecule has 3 aromatic carbocycles. The fourth-order valence-electron chi connectivity index (χ4n) is 5.02. The van der Waals surface area contributed by atoms with Crippen LogP contribution in [0.4, 0.5) is 0 Å². The number of rotatable bonds is 7. The fraction of sp³-hybridized carbons (Fsp3) is 0.267. The second-order valence-electron chi connectivity index (χ2n) is 9.07. The zero-order chi connectivity index (χ0) is 24.2. The molecular formula is C30H29NO4. The van der Waals surface area contributed by atoms with Gasteiger partial charge in [-0.1, -0.05) is 54.6 Å². The van der Waals surface area contributed by atoms with Crippen molar-refractivity contribution in [2.45, 2.75) is 44.6 Å². The van der Waals surface area contributed by atoms with Gasteiger partial charge in [0.15, 0.2) is 5.78 Å². The van der Waals surface area contributed by atoms with E-state index in [2.05, 4.69) is 5.32 Å². The summed E-state index contributed by atoms with van der Waals surface area (Å²) in [4.78, 5) is 25.9. The van der Waals surface area contributed by atoms with E-state index in [-0.39, 0.29) is 29.9 Å². The minimum Gasteiger partial charge on any atom is -0.494 e. The van der Waals surface area contributed by atoms with Crippen molar-refractivity contribution in [2.75, 3.05) is 6.61 Å². The van der Waals surface area contributed by atoms with Crippen molar-refractivity contribution in [3.63, 3.8) is 0 Å². The summed E-state index contributed by atoms with van der Waals surface area (Å²) in [7, 11) is 0. The lowest BCUT2D eigenvalue weighted by atomic mass is 9.73. The smallest absolute Gasteiger partial charge is 0.225 e. The van der Waals surface area contributed by atoms with Crippen molar-refractivity contribution in [3.05, 3.63) is 107 Å². The Morgan fingerprint density at radius 2 is 1.43 bits per heavy atom. The van der Waals surface area contributed by atoms with Gasteiger partial charge in [0.05, 0.1) is 6.61 Å². The fourth-order valence-corrected chi connectivity index (χ4v) is 5.02.